The average molecular weight is 178 g/mol. The summed E-state index contributed by atoms with van der Waals surface area (Å²) in [5.41, 5.74) is 0.482. The van der Waals surface area contributed by atoms with E-state index in [9.17, 15) is 4.79 Å². The summed E-state index contributed by atoms with van der Waals surface area (Å²) in [5, 5.41) is 0. The Morgan fingerprint density at radius 2 is 1.92 bits per heavy atom. The zero-order chi connectivity index (χ0) is 9.85. The fourth-order valence-corrected chi connectivity index (χ4v) is 3.28. The van der Waals surface area contributed by atoms with Gasteiger partial charge in [-0.05, 0) is 30.1 Å². The van der Waals surface area contributed by atoms with Crippen molar-refractivity contribution in [3.05, 3.63) is 12.2 Å². The Balaban J connectivity index is 2.27. The van der Waals surface area contributed by atoms with E-state index in [2.05, 4.69) is 32.9 Å². The van der Waals surface area contributed by atoms with Gasteiger partial charge in [0.05, 0.1) is 0 Å². The maximum Gasteiger partial charge on any atom is 0.133 e. The van der Waals surface area contributed by atoms with Gasteiger partial charge in [0.1, 0.15) is 5.78 Å². The van der Waals surface area contributed by atoms with Gasteiger partial charge < -0.3 is 0 Å². The molecular weight excluding hydrogens is 160 g/mol. The first-order chi connectivity index (χ1) is 5.88. The molecule has 0 radical (unpaired) electrons. The highest BCUT2D eigenvalue weighted by Gasteiger charge is 2.59. The molecule has 0 N–H and O–H groups in total. The molecule has 0 aromatic rings. The SMILES string of the molecule is CC(=O)[C@@H]1C[C@H]2C(C)(C)C=C[C@@]12C. The zero-order valence-electron chi connectivity index (χ0n) is 8.92. The van der Waals surface area contributed by atoms with Crippen LogP contribution in [-0.2, 0) is 4.79 Å². The van der Waals surface area contributed by atoms with Crippen LogP contribution in [-0.4, -0.2) is 5.78 Å². The summed E-state index contributed by atoms with van der Waals surface area (Å²) in [6, 6.07) is 0. The largest absolute Gasteiger partial charge is 0.300 e. The molecule has 3 atom stereocenters. The lowest BCUT2D eigenvalue weighted by Crippen LogP contribution is -2.50. The molecular formula is C12H18O. The van der Waals surface area contributed by atoms with E-state index in [4.69, 9.17) is 0 Å². The first-order valence-corrected chi connectivity index (χ1v) is 5.09. The lowest BCUT2D eigenvalue weighted by Gasteiger charge is -2.53. The van der Waals surface area contributed by atoms with E-state index in [0.717, 1.165) is 6.42 Å². The summed E-state index contributed by atoms with van der Waals surface area (Å²) in [4.78, 5) is 11.4. The Morgan fingerprint density at radius 1 is 1.31 bits per heavy atom. The molecule has 1 heteroatoms. The first kappa shape index (κ1) is 8.98. The molecule has 0 unspecified atom stereocenters. The predicted molar refractivity (Wildman–Crippen MR) is 53.3 cm³/mol. The molecule has 13 heavy (non-hydrogen) atoms. The van der Waals surface area contributed by atoms with E-state index in [0.29, 0.717) is 17.1 Å². The standard InChI is InChI=1S/C12H18O/c1-8(13)9-7-10-11(2,3)5-6-12(9,10)4/h5-6,9-10H,7H2,1-4H3/t9-,10-,12-/m0/s1. The van der Waals surface area contributed by atoms with Gasteiger partial charge >= 0.3 is 0 Å². The van der Waals surface area contributed by atoms with Crippen LogP contribution in [0.1, 0.15) is 34.1 Å². The number of carbonyl (C=O) groups excluding carboxylic acids is 1. The van der Waals surface area contributed by atoms with Gasteiger partial charge in [-0.1, -0.05) is 32.9 Å². The van der Waals surface area contributed by atoms with Gasteiger partial charge in [-0.3, -0.25) is 4.79 Å². The van der Waals surface area contributed by atoms with Gasteiger partial charge in [-0.25, -0.2) is 0 Å². The first-order valence-electron chi connectivity index (χ1n) is 5.09. The molecule has 72 valence electrons. The van der Waals surface area contributed by atoms with Gasteiger partial charge in [0.2, 0.25) is 0 Å². The summed E-state index contributed by atoms with van der Waals surface area (Å²) in [6.45, 7) is 8.51. The van der Waals surface area contributed by atoms with E-state index >= 15 is 0 Å². The highest BCUT2D eigenvalue weighted by atomic mass is 16.1. The number of hydrogen-bond donors (Lipinski definition) is 0. The lowest BCUT2D eigenvalue weighted by atomic mass is 9.50. The minimum absolute atomic E-state index is 0.176. The molecule has 0 saturated heterocycles. The number of rotatable bonds is 1. The van der Waals surface area contributed by atoms with Crippen molar-refractivity contribution in [2.24, 2.45) is 22.7 Å². The van der Waals surface area contributed by atoms with Gasteiger partial charge in [0.15, 0.2) is 0 Å². The van der Waals surface area contributed by atoms with E-state index < -0.39 is 0 Å². The summed E-state index contributed by atoms with van der Waals surface area (Å²) in [6.07, 6.45) is 5.65. The second kappa shape index (κ2) is 2.26. The van der Waals surface area contributed by atoms with Crippen molar-refractivity contribution in [3.63, 3.8) is 0 Å². The van der Waals surface area contributed by atoms with Crippen LogP contribution < -0.4 is 0 Å². The summed E-state index contributed by atoms with van der Waals surface area (Å²) in [5.74, 6) is 1.34. The number of carbonyl (C=O) groups is 1. The lowest BCUT2D eigenvalue weighted by molar-refractivity contribution is -0.136. The van der Waals surface area contributed by atoms with Crippen LogP contribution in [0.5, 0.6) is 0 Å². The van der Waals surface area contributed by atoms with Crippen LogP contribution >= 0.6 is 0 Å². The van der Waals surface area contributed by atoms with Crippen molar-refractivity contribution in [1.29, 1.82) is 0 Å². The van der Waals surface area contributed by atoms with Crippen LogP contribution in [0.4, 0.5) is 0 Å². The second-order valence-corrected chi connectivity index (χ2v) is 5.47. The minimum atomic E-state index is 0.176. The minimum Gasteiger partial charge on any atom is -0.300 e. The maximum absolute atomic E-state index is 11.4. The van der Waals surface area contributed by atoms with Crippen LogP contribution in [0.15, 0.2) is 12.2 Å². The van der Waals surface area contributed by atoms with Gasteiger partial charge in [-0.15, -0.1) is 0 Å². The zero-order valence-corrected chi connectivity index (χ0v) is 8.92. The van der Waals surface area contributed by atoms with Crippen molar-refractivity contribution in [3.8, 4) is 0 Å². The summed E-state index contributed by atoms with van der Waals surface area (Å²) in [7, 11) is 0. The van der Waals surface area contributed by atoms with Crippen LogP contribution in [0.3, 0.4) is 0 Å². The number of fused-ring (bicyclic) bond motifs is 1. The molecule has 0 bridgehead atoms. The Kier molecular flexibility index (Phi) is 1.56. The molecule has 2 aliphatic carbocycles. The Morgan fingerprint density at radius 3 is 2.38 bits per heavy atom. The predicted octanol–water partition coefficient (Wildman–Crippen LogP) is 2.81. The average Bonchev–Trinajstić information content (AvgIpc) is 2.10. The van der Waals surface area contributed by atoms with Crippen molar-refractivity contribution >= 4 is 5.78 Å². The van der Waals surface area contributed by atoms with E-state index in [-0.39, 0.29) is 11.3 Å². The number of ketones is 1. The van der Waals surface area contributed by atoms with Crippen molar-refractivity contribution < 1.29 is 4.79 Å². The Labute approximate surface area is 80.2 Å². The maximum atomic E-state index is 11.4. The van der Waals surface area contributed by atoms with Crippen LogP contribution in [0, 0.1) is 22.7 Å². The number of allylic oxidation sites excluding steroid dienone is 2. The third kappa shape index (κ3) is 0.962. The normalized spacial score (nSPS) is 45.5. The van der Waals surface area contributed by atoms with Gasteiger partial charge in [0.25, 0.3) is 0 Å². The molecule has 2 rings (SSSR count). The molecule has 0 aromatic carbocycles. The summed E-state index contributed by atoms with van der Waals surface area (Å²) >= 11 is 0. The third-order valence-corrected chi connectivity index (χ3v) is 4.23. The van der Waals surface area contributed by atoms with Gasteiger partial charge in [0, 0.05) is 5.92 Å². The van der Waals surface area contributed by atoms with Crippen LogP contribution in [0.25, 0.3) is 0 Å². The molecule has 0 aliphatic heterocycles. The molecule has 2 aliphatic rings. The Hall–Kier alpha value is -0.590. The van der Waals surface area contributed by atoms with Crippen molar-refractivity contribution in [2.75, 3.05) is 0 Å². The number of Topliss-reactive ketones (excluding diaryl/α,β-unsaturated/α-hetero) is 1. The number of hydrogen-bond acceptors (Lipinski definition) is 1. The molecule has 1 nitrogen and oxygen atoms in total. The van der Waals surface area contributed by atoms with E-state index in [1.54, 1.807) is 6.92 Å². The second-order valence-electron chi connectivity index (χ2n) is 5.47. The van der Waals surface area contributed by atoms with Crippen molar-refractivity contribution in [2.45, 2.75) is 34.1 Å². The Bertz CT molecular complexity index is 287. The smallest absolute Gasteiger partial charge is 0.133 e. The van der Waals surface area contributed by atoms with Crippen LogP contribution in [0.2, 0.25) is 0 Å². The topological polar surface area (TPSA) is 17.1 Å². The molecule has 1 saturated carbocycles. The molecule has 0 aromatic heterocycles. The van der Waals surface area contributed by atoms with Gasteiger partial charge in [-0.2, -0.15) is 0 Å². The molecule has 1 fully saturated rings. The van der Waals surface area contributed by atoms with Crippen molar-refractivity contribution in [1.82, 2.24) is 0 Å². The highest BCUT2D eigenvalue weighted by molar-refractivity contribution is 5.81. The van der Waals surface area contributed by atoms with E-state index in [1.165, 1.54) is 0 Å². The molecule has 0 heterocycles. The van der Waals surface area contributed by atoms with E-state index in [1.807, 2.05) is 0 Å². The fraction of sp³-hybridized carbons (Fsp3) is 0.750. The quantitative estimate of drug-likeness (QED) is 0.564. The molecule has 0 spiro atoms. The third-order valence-electron chi connectivity index (χ3n) is 4.23. The molecule has 0 amide bonds. The highest BCUT2D eigenvalue weighted by Crippen LogP contribution is 2.64. The fourth-order valence-electron chi connectivity index (χ4n) is 3.28. The monoisotopic (exact) mass is 178 g/mol. The summed E-state index contributed by atoms with van der Waals surface area (Å²) < 4.78 is 0.